The van der Waals surface area contributed by atoms with Gasteiger partial charge in [0.15, 0.2) is 0 Å². The maximum atomic E-state index is 9.03. The molecular formula is C105H66N8O2Pt2-4. The van der Waals surface area contributed by atoms with Crippen molar-refractivity contribution in [2.24, 2.45) is 6.98 Å². The fourth-order valence-corrected chi connectivity index (χ4v) is 15.7. The number of aryl methyl sites for hydroxylation is 1. The molecule has 22 aromatic rings. The van der Waals surface area contributed by atoms with Gasteiger partial charge in [0.2, 0.25) is 6.33 Å². The number of ether oxygens (including phenoxy) is 2. The normalized spacial score (nSPS) is 13.0. The molecule has 6 heterocycles. The Bertz CT molecular complexity index is 7950. The molecule has 10 nitrogen and oxygen atoms in total. The van der Waals surface area contributed by atoms with Gasteiger partial charge < -0.3 is 37.3 Å². The zero-order valence-electron chi connectivity index (χ0n) is 74.6. The number of para-hydroxylation sites is 9. The number of pyridine rings is 2. The van der Waals surface area contributed by atoms with Gasteiger partial charge in [-0.2, -0.15) is 24.3 Å². The molecule has 0 atom stereocenters. The van der Waals surface area contributed by atoms with E-state index in [1.54, 1.807) is 68.3 Å². The molecule has 0 saturated heterocycles. The number of rotatable bonds is 14. The Morgan fingerprint density at radius 1 is 0.368 bits per heavy atom. The molecule has 0 N–H and O–H groups in total. The largest absolute Gasteiger partial charge is 0.504 e. The molecule has 16 aromatic carbocycles. The van der Waals surface area contributed by atoms with Gasteiger partial charge in [-0.3, -0.25) is 9.55 Å². The van der Waals surface area contributed by atoms with Gasteiger partial charge in [0.1, 0.15) is 0 Å². The van der Waals surface area contributed by atoms with Crippen LogP contribution in [0.15, 0.2) is 382 Å². The molecule has 6 aromatic heterocycles. The van der Waals surface area contributed by atoms with Gasteiger partial charge in [-0.1, -0.05) is 278 Å². The topological polar surface area (TPSA) is 71.7 Å². The molecule has 0 aliphatic heterocycles. The minimum atomic E-state index is -2.62. The molecule has 0 spiro atoms. The van der Waals surface area contributed by atoms with Crippen LogP contribution in [0.25, 0.3) is 172 Å². The maximum absolute atomic E-state index is 9.03. The summed E-state index contributed by atoms with van der Waals surface area (Å²) < 4.78 is 137. The second-order valence-electron chi connectivity index (χ2n) is 27.5. The number of nitrogens with zero attached hydrogens (tertiary/aromatic N) is 8. The molecule has 22 rings (SSSR count). The Kier molecular flexibility index (Phi) is 15.9. The van der Waals surface area contributed by atoms with Crippen molar-refractivity contribution >= 4 is 87.4 Å². The summed E-state index contributed by atoms with van der Waals surface area (Å²) >= 11 is 0. The summed E-state index contributed by atoms with van der Waals surface area (Å²) in [6, 6.07) is 111. The van der Waals surface area contributed by atoms with E-state index in [2.05, 4.69) is 167 Å². The minimum absolute atomic E-state index is 0. The summed E-state index contributed by atoms with van der Waals surface area (Å²) in [5.74, 6) is 1.72. The van der Waals surface area contributed by atoms with Crippen LogP contribution >= 0.6 is 0 Å². The van der Waals surface area contributed by atoms with Crippen LogP contribution in [-0.4, -0.2) is 28.2 Å². The van der Waals surface area contributed by atoms with Gasteiger partial charge >= 0.3 is 0 Å². The first kappa shape index (κ1) is 59.6. The second-order valence-corrected chi connectivity index (χ2v) is 27.5. The molecule has 0 aliphatic rings. The van der Waals surface area contributed by atoms with Crippen LogP contribution in [0.4, 0.5) is 0 Å². The molecule has 0 unspecified atom stereocenters. The van der Waals surface area contributed by atoms with E-state index >= 15 is 0 Å². The van der Waals surface area contributed by atoms with Gasteiger partial charge in [0, 0.05) is 98.4 Å². The van der Waals surface area contributed by atoms with Crippen LogP contribution in [0.3, 0.4) is 0 Å². The first-order valence-electron chi connectivity index (χ1n) is 43.8. The zero-order valence-corrected chi connectivity index (χ0v) is 66.2. The van der Waals surface area contributed by atoms with E-state index in [0.717, 1.165) is 110 Å². The number of hydrogen-bond acceptors (Lipinski definition) is 4. The Labute approximate surface area is 722 Å². The van der Waals surface area contributed by atoms with E-state index in [0.29, 0.717) is 56.4 Å². The Balaban J connectivity index is 0.000000167. The number of fused-ring (bicyclic) bond motifs is 10. The summed E-state index contributed by atoms with van der Waals surface area (Å²) in [5, 5.41) is 7.67. The van der Waals surface area contributed by atoms with Crippen molar-refractivity contribution in [1.82, 2.24) is 28.2 Å². The third-order valence-corrected chi connectivity index (χ3v) is 20.7. The third kappa shape index (κ3) is 13.4. The molecule has 12 heteroatoms. The number of imidazole rings is 2. The summed E-state index contributed by atoms with van der Waals surface area (Å²) in [5.41, 5.74) is 15.0. The first-order chi connectivity index (χ1) is 62.3. The van der Waals surface area contributed by atoms with Crippen molar-refractivity contribution in [3.05, 3.63) is 419 Å². The van der Waals surface area contributed by atoms with Crippen LogP contribution in [0, 0.1) is 36.9 Å². The summed E-state index contributed by atoms with van der Waals surface area (Å²) in [4.78, 5) is 9.50. The van der Waals surface area contributed by atoms with Crippen LogP contribution in [0.5, 0.6) is 23.0 Å². The zero-order chi connectivity index (χ0) is 87.5. The monoisotopic (exact) mass is 1870 g/mol. The number of hydrogen-bond donors (Lipinski definition) is 0. The van der Waals surface area contributed by atoms with E-state index in [9.17, 15) is 0 Å². The van der Waals surface area contributed by atoms with E-state index in [1.807, 2.05) is 146 Å². The Hall–Kier alpha value is -14.1. The van der Waals surface area contributed by atoms with Crippen LogP contribution in [0.2, 0.25) is 0 Å². The van der Waals surface area contributed by atoms with Crippen LogP contribution in [-0.2, 0) is 49.1 Å². The van der Waals surface area contributed by atoms with Crippen molar-refractivity contribution in [2.75, 3.05) is 0 Å². The van der Waals surface area contributed by atoms with Crippen molar-refractivity contribution in [3.8, 4) is 107 Å². The van der Waals surface area contributed by atoms with Crippen LogP contribution in [0.1, 0.15) is 17.8 Å². The maximum Gasteiger partial charge on any atom is 0.268 e. The number of benzene rings is 16. The predicted molar refractivity (Wildman–Crippen MR) is 462 cm³/mol. The Morgan fingerprint density at radius 3 is 1.38 bits per heavy atom. The summed E-state index contributed by atoms with van der Waals surface area (Å²) in [7, 11) is 0. The fourth-order valence-electron chi connectivity index (χ4n) is 15.7. The third-order valence-electron chi connectivity index (χ3n) is 20.7. The molecule has 0 saturated carbocycles. The molecule has 117 heavy (non-hydrogen) atoms. The second kappa shape index (κ2) is 31.3. The molecule has 0 bridgehead atoms. The molecule has 0 amide bonds. The molecular weight excluding hydrogens is 1800 g/mol. The fraction of sp³-hybridized carbons (Fsp3) is 0.00952. The van der Waals surface area contributed by atoms with Gasteiger partial charge in [0.05, 0.1) is 91.5 Å². The standard InChI is InChI=1S/C59H37N5O.C46H29N3O.2Pt/c1-61-38-62(42-19-13-21-44(36-42)65-43-20-12-18-40(34-43)50-35-39-16-2-3-17-41(39)37-60-50)57-33-14-26-49(59(57)61)58-55(63-51-27-8-4-22-45(51)46-23-5-9-28-52(46)63)31-15-32-56(58)64-53-29-10-6-24-47(53)48-25-7-11-30-54(48)64;1-3-14-33(15-4-1)40-23-13-24-41(34-16-5-2-6-17-34)46(40)49-32-48(44-26-9-10-27-45(44)49)37-20-12-22-39(31-37)50-38-21-11-19-36(30-38)43-29-28-35-18-7-8-25-42(35)47-43;;/h2-33,35,37H,1H3;1-29H;;/q2*-2;;/i1D3;1D,2D,3D,4D,5D,6D,14D,15D,16D,17D;;. The minimum Gasteiger partial charge on any atom is -0.504 e. The van der Waals surface area contributed by atoms with Crippen molar-refractivity contribution in [3.63, 3.8) is 0 Å². The average Bonchev–Trinajstić information content (AvgIpc) is 1.52. The molecule has 0 fully saturated rings. The number of aromatic nitrogens is 8. The van der Waals surface area contributed by atoms with Crippen molar-refractivity contribution < 1.29 is 78.6 Å². The molecule has 562 valence electrons. The van der Waals surface area contributed by atoms with E-state index in [-0.39, 0.29) is 70.1 Å². The van der Waals surface area contributed by atoms with Crippen LogP contribution < -0.4 is 18.6 Å². The van der Waals surface area contributed by atoms with Gasteiger partial charge in [-0.25, -0.2) is 0 Å². The SMILES string of the molecule is [2H]C([2H])([2H])[n+]1[c-]n(-c2[c-]c(Oc3[c-]c(-c4cc5ccccc5cn4)ccc3)ccc2)c2cccc(-c3c(-n4c5ccccc5c5ccccc54)cccc3-n3c4ccccc4c4ccccc43)c21.[2H]c1c([2H])c([2H])c(-c2cccc(-c3c([2H])c([2H])c([2H])c([2H])c3[2H])c2-[n+]2[c-]n(-c3[c-]c(Oc4[c-]c(-c5ccc6ccccc6n5)ccc4)ccc3)c3ccccc32)c([2H])c1[2H].[Pt].[Pt]. The molecule has 0 aliphatic carbocycles. The summed E-state index contributed by atoms with van der Waals surface area (Å²) in [6.45, 7) is -2.62. The average molecular weight is 1870 g/mol. The van der Waals surface area contributed by atoms with Crippen molar-refractivity contribution in [1.29, 1.82) is 0 Å². The van der Waals surface area contributed by atoms with E-state index in [1.165, 1.54) is 4.57 Å². The van der Waals surface area contributed by atoms with Gasteiger partial charge in [-0.15, -0.1) is 71.8 Å². The summed E-state index contributed by atoms with van der Waals surface area (Å²) in [6.07, 6.45) is 8.50. The predicted octanol–water partition coefficient (Wildman–Crippen LogP) is 24.4. The first-order valence-corrected chi connectivity index (χ1v) is 37.3. The smallest absolute Gasteiger partial charge is 0.268 e. The van der Waals surface area contributed by atoms with E-state index < -0.39 is 67.4 Å². The Morgan fingerprint density at radius 2 is 0.812 bits per heavy atom. The van der Waals surface area contributed by atoms with Gasteiger partial charge in [0.25, 0.3) is 6.33 Å². The van der Waals surface area contributed by atoms with Crippen molar-refractivity contribution in [2.45, 2.75) is 0 Å². The molecule has 0 radical (unpaired) electrons. The quantitative estimate of drug-likeness (QED) is 0.0803. The van der Waals surface area contributed by atoms with Gasteiger partial charge in [-0.05, 0) is 104 Å². The van der Waals surface area contributed by atoms with E-state index in [4.69, 9.17) is 37.3 Å².